The molecule has 0 radical (unpaired) electrons. The molecular weight excluding hydrogens is 474 g/mol. The smallest absolute Gasteiger partial charge is 0.338 e. The first-order valence-corrected chi connectivity index (χ1v) is 11.7. The molecule has 2 amide bonds. The first kappa shape index (κ1) is 24.5. The summed E-state index contributed by atoms with van der Waals surface area (Å²) in [6.45, 7) is 4.53. The van der Waals surface area contributed by atoms with Gasteiger partial charge >= 0.3 is 12.0 Å². The average molecular weight is 500 g/mol. The van der Waals surface area contributed by atoms with Crippen LogP contribution in [0, 0.1) is 10.1 Å². The Morgan fingerprint density at radius 3 is 2.54 bits per heavy atom. The summed E-state index contributed by atoms with van der Waals surface area (Å²) in [7, 11) is 0. The molecule has 2 aliphatic heterocycles. The topological polar surface area (TPSA) is 117 Å². The van der Waals surface area contributed by atoms with E-state index in [1.165, 1.54) is 6.07 Å². The molecule has 1 atom stereocenters. The molecule has 2 heterocycles. The predicted molar refractivity (Wildman–Crippen MR) is 131 cm³/mol. The highest BCUT2D eigenvalue weighted by atomic mass is 35.5. The second-order valence-corrected chi connectivity index (χ2v) is 8.64. The molecule has 10 nitrogen and oxygen atoms in total. The number of piperazine rings is 1. The van der Waals surface area contributed by atoms with Crippen molar-refractivity contribution in [3.8, 4) is 0 Å². The normalized spacial score (nSPS) is 18.6. The number of amides is 2. The molecule has 4 rings (SSSR count). The van der Waals surface area contributed by atoms with Crippen LogP contribution in [0.3, 0.4) is 0 Å². The fraction of sp³-hybridized carbons (Fsp3) is 0.333. The molecule has 11 heteroatoms. The number of carbonyl (C=O) groups excluding carboxylic acids is 2. The molecule has 2 N–H and O–H groups in total. The summed E-state index contributed by atoms with van der Waals surface area (Å²) in [6, 6.07) is 12.9. The van der Waals surface area contributed by atoms with Crippen LogP contribution < -0.4 is 15.5 Å². The fourth-order valence-corrected chi connectivity index (χ4v) is 4.54. The van der Waals surface area contributed by atoms with Gasteiger partial charge < -0.3 is 20.3 Å². The van der Waals surface area contributed by atoms with Crippen LogP contribution in [0.2, 0.25) is 5.02 Å². The zero-order chi connectivity index (χ0) is 24.9. The number of nitro benzene ring substituents is 1. The van der Waals surface area contributed by atoms with Crippen molar-refractivity contribution in [1.82, 2.24) is 15.5 Å². The molecule has 0 saturated carbocycles. The predicted octanol–water partition coefficient (Wildman–Crippen LogP) is 3.24. The Hall–Kier alpha value is -3.63. The maximum absolute atomic E-state index is 12.9. The number of esters is 1. The van der Waals surface area contributed by atoms with Crippen molar-refractivity contribution in [2.75, 3.05) is 44.2 Å². The lowest BCUT2D eigenvalue weighted by Crippen LogP contribution is -2.51. The monoisotopic (exact) mass is 499 g/mol. The maximum atomic E-state index is 12.9. The standard InChI is InChI=1S/C24H26ClN5O5/c1-2-35-23(31)21-18(26-24(32)27-22(21)16-6-4-3-5-7-16)15-28-10-12-29(13-11-28)19-9-8-17(25)14-20(19)30(33)34/h3-9,14,22H,2,10-13,15H2,1H3,(H2,26,27,32). The molecule has 2 aromatic rings. The van der Waals surface area contributed by atoms with Gasteiger partial charge in [0.15, 0.2) is 0 Å². The van der Waals surface area contributed by atoms with E-state index < -0.39 is 23.0 Å². The van der Waals surface area contributed by atoms with Crippen LogP contribution in [0.25, 0.3) is 0 Å². The number of benzene rings is 2. The summed E-state index contributed by atoms with van der Waals surface area (Å²) in [4.78, 5) is 40.5. The van der Waals surface area contributed by atoms with E-state index in [0.717, 1.165) is 5.56 Å². The quantitative estimate of drug-likeness (QED) is 0.341. The molecule has 0 spiro atoms. The number of rotatable bonds is 7. The molecule has 1 saturated heterocycles. The first-order chi connectivity index (χ1) is 16.9. The van der Waals surface area contributed by atoms with E-state index in [4.69, 9.17) is 16.3 Å². The number of ether oxygens (including phenoxy) is 1. The Kier molecular flexibility index (Phi) is 7.52. The molecular formula is C24H26ClN5O5. The molecule has 1 unspecified atom stereocenters. The summed E-state index contributed by atoms with van der Waals surface area (Å²) in [6.07, 6.45) is 0. The van der Waals surface area contributed by atoms with E-state index in [1.807, 2.05) is 35.2 Å². The van der Waals surface area contributed by atoms with Crippen molar-refractivity contribution in [3.63, 3.8) is 0 Å². The van der Waals surface area contributed by atoms with Crippen LogP contribution in [0.4, 0.5) is 16.2 Å². The highest BCUT2D eigenvalue weighted by Crippen LogP contribution is 2.32. The summed E-state index contributed by atoms with van der Waals surface area (Å²) in [5.41, 5.74) is 2.13. The minimum Gasteiger partial charge on any atom is -0.463 e. The summed E-state index contributed by atoms with van der Waals surface area (Å²) >= 11 is 5.95. The van der Waals surface area contributed by atoms with Gasteiger partial charge in [0.05, 0.1) is 23.1 Å². The van der Waals surface area contributed by atoms with Gasteiger partial charge in [0.2, 0.25) is 0 Å². The number of nitrogens with one attached hydrogen (secondary N) is 2. The number of hydrogen-bond donors (Lipinski definition) is 2. The van der Waals surface area contributed by atoms with Crippen molar-refractivity contribution in [3.05, 3.63) is 80.5 Å². The number of nitro groups is 1. The van der Waals surface area contributed by atoms with Crippen LogP contribution in [0.1, 0.15) is 18.5 Å². The van der Waals surface area contributed by atoms with Crippen LogP contribution in [0.5, 0.6) is 0 Å². The molecule has 0 aromatic heterocycles. The number of nitrogens with zero attached hydrogens (tertiary/aromatic N) is 3. The number of halogens is 1. The Bertz CT molecular complexity index is 1150. The molecule has 35 heavy (non-hydrogen) atoms. The lowest BCUT2D eigenvalue weighted by molar-refractivity contribution is -0.384. The molecule has 0 aliphatic carbocycles. The second-order valence-electron chi connectivity index (χ2n) is 8.21. The largest absolute Gasteiger partial charge is 0.463 e. The van der Waals surface area contributed by atoms with Gasteiger partial charge in [-0.3, -0.25) is 15.0 Å². The highest BCUT2D eigenvalue weighted by molar-refractivity contribution is 6.30. The Morgan fingerprint density at radius 1 is 1.17 bits per heavy atom. The maximum Gasteiger partial charge on any atom is 0.338 e. The average Bonchev–Trinajstić information content (AvgIpc) is 2.85. The fourth-order valence-electron chi connectivity index (χ4n) is 4.37. The first-order valence-electron chi connectivity index (χ1n) is 11.3. The molecule has 1 fully saturated rings. The molecule has 2 aromatic carbocycles. The molecule has 0 bridgehead atoms. The zero-order valence-corrected chi connectivity index (χ0v) is 20.0. The molecule has 184 valence electrons. The van der Waals surface area contributed by atoms with Gasteiger partial charge in [-0.2, -0.15) is 0 Å². The summed E-state index contributed by atoms with van der Waals surface area (Å²) < 4.78 is 5.32. The van der Waals surface area contributed by atoms with E-state index in [9.17, 15) is 19.7 Å². The van der Waals surface area contributed by atoms with Gasteiger partial charge in [-0.15, -0.1) is 0 Å². The van der Waals surface area contributed by atoms with Gasteiger partial charge in [-0.25, -0.2) is 9.59 Å². The van der Waals surface area contributed by atoms with E-state index in [0.29, 0.717) is 54.7 Å². The van der Waals surface area contributed by atoms with Crippen molar-refractivity contribution >= 4 is 35.0 Å². The van der Waals surface area contributed by atoms with Crippen molar-refractivity contribution < 1.29 is 19.2 Å². The van der Waals surface area contributed by atoms with E-state index in [1.54, 1.807) is 19.1 Å². The zero-order valence-electron chi connectivity index (χ0n) is 19.2. The lowest BCUT2D eigenvalue weighted by atomic mass is 9.95. The van der Waals surface area contributed by atoms with Crippen molar-refractivity contribution in [2.24, 2.45) is 0 Å². The number of carbonyl (C=O) groups is 2. The van der Waals surface area contributed by atoms with Crippen LogP contribution in [-0.4, -0.2) is 61.2 Å². The van der Waals surface area contributed by atoms with Gasteiger partial charge in [-0.1, -0.05) is 41.9 Å². The minimum atomic E-state index is -0.628. The van der Waals surface area contributed by atoms with Crippen LogP contribution in [-0.2, 0) is 9.53 Å². The second kappa shape index (κ2) is 10.7. The SMILES string of the molecule is CCOC(=O)C1=C(CN2CCN(c3ccc(Cl)cc3[N+](=O)[O-])CC2)NC(=O)NC1c1ccccc1. The van der Waals surface area contributed by atoms with Crippen LogP contribution in [0.15, 0.2) is 59.8 Å². The number of hydrogen-bond acceptors (Lipinski definition) is 7. The third kappa shape index (κ3) is 5.55. The van der Waals surface area contributed by atoms with Gasteiger partial charge in [0.25, 0.3) is 5.69 Å². The Morgan fingerprint density at radius 2 is 1.89 bits per heavy atom. The summed E-state index contributed by atoms with van der Waals surface area (Å²) in [5.74, 6) is -0.487. The lowest BCUT2D eigenvalue weighted by Gasteiger charge is -2.37. The minimum absolute atomic E-state index is 0.0328. The van der Waals surface area contributed by atoms with Crippen LogP contribution >= 0.6 is 11.6 Å². The van der Waals surface area contributed by atoms with Gasteiger partial charge in [0.1, 0.15) is 5.69 Å². The van der Waals surface area contributed by atoms with E-state index in [2.05, 4.69) is 15.5 Å². The Labute approximate surface area is 207 Å². The molecule has 2 aliphatic rings. The third-order valence-electron chi connectivity index (χ3n) is 6.01. The van der Waals surface area contributed by atoms with E-state index >= 15 is 0 Å². The van der Waals surface area contributed by atoms with E-state index in [-0.39, 0.29) is 12.3 Å². The van der Waals surface area contributed by atoms with Gasteiger partial charge in [-0.05, 0) is 24.6 Å². The Balaban J connectivity index is 1.55. The highest BCUT2D eigenvalue weighted by Gasteiger charge is 2.35. The van der Waals surface area contributed by atoms with Gasteiger partial charge in [0, 0.05) is 49.5 Å². The summed E-state index contributed by atoms with van der Waals surface area (Å²) in [5, 5.41) is 17.4. The number of urea groups is 1. The van der Waals surface area contributed by atoms with Crippen molar-refractivity contribution in [1.29, 1.82) is 0 Å². The third-order valence-corrected chi connectivity index (χ3v) is 6.25. The number of anilines is 1. The van der Waals surface area contributed by atoms with Crippen molar-refractivity contribution in [2.45, 2.75) is 13.0 Å².